The summed E-state index contributed by atoms with van der Waals surface area (Å²) < 4.78 is 0. The maximum absolute atomic E-state index is 6.11. The molecule has 2 aromatic carbocycles. The number of rotatable bonds is 4. The van der Waals surface area contributed by atoms with Crippen molar-refractivity contribution in [2.75, 3.05) is 41.3 Å². The summed E-state index contributed by atoms with van der Waals surface area (Å²) in [5.74, 6) is 1.35. The van der Waals surface area contributed by atoms with Gasteiger partial charge in [-0.1, -0.05) is 29.8 Å². The quantitative estimate of drug-likeness (QED) is 0.740. The smallest absolute Gasteiger partial charge is 0.247 e. The molecule has 138 valence electrons. The van der Waals surface area contributed by atoms with Gasteiger partial charge in [0.25, 0.3) is 0 Å². The summed E-state index contributed by atoms with van der Waals surface area (Å²) in [4.78, 5) is 9.12. The first-order valence-electron chi connectivity index (χ1n) is 8.96. The van der Waals surface area contributed by atoms with Gasteiger partial charge < -0.3 is 15.1 Å². The molecule has 4 rings (SSSR count). The lowest BCUT2D eigenvalue weighted by Crippen LogP contribution is -2.47. The first kappa shape index (κ1) is 17.5. The second kappa shape index (κ2) is 7.80. The van der Waals surface area contributed by atoms with E-state index in [2.05, 4.69) is 55.4 Å². The van der Waals surface area contributed by atoms with Crippen LogP contribution in [0.2, 0.25) is 5.02 Å². The molecule has 0 radical (unpaired) electrons. The summed E-state index contributed by atoms with van der Waals surface area (Å²) in [5, 5.41) is 12.4. The van der Waals surface area contributed by atoms with Crippen molar-refractivity contribution in [2.24, 2.45) is 0 Å². The van der Waals surface area contributed by atoms with E-state index in [-0.39, 0.29) is 0 Å². The molecule has 0 atom stereocenters. The minimum Gasteiger partial charge on any atom is -0.368 e. The number of aryl methyl sites for hydroxylation is 1. The Balaban J connectivity index is 1.42. The maximum Gasteiger partial charge on any atom is 0.247 e. The van der Waals surface area contributed by atoms with E-state index in [1.54, 1.807) is 6.20 Å². The first-order valence-corrected chi connectivity index (χ1v) is 9.34. The number of hydrogen-bond acceptors (Lipinski definition) is 6. The van der Waals surface area contributed by atoms with Crippen LogP contribution in [-0.4, -0.2) is 41.4 Å². The molecule has 0 spiro atoms. The summed E-state index contributed by atoms with van der Waals surface area (Å²) in [6, 6.07) is 16.1. The minimum atomic E-state index is 0.651. The van der Waals surface area contributed by atoms with Gasteiger partial charge in [0.05, 0.1) is 6.20 Å². The van der Waals surface area contributed by atoms with Gasteiger partial charge >= 0.3 is 0 Å². The number of benzene rings is 2. The lowest BCUT2D eigenvalue weighted by molar-refractivity contribution is 0.635. The number of nitrogens with zero attached hydrogens (tertiary/aromatic N) is 5. The Morgan fingerprint density at radius 1 is 0.963 bits per heavy atom. The number of nitrogens with one attached hydrogen (secondary N) is 1. The third kappa shape index (κ3) is 4.28. The lowest BCUT2D eigenvalue weighted by atomic mass is 10.2. The summed E-state index contributed by atoms with van der Waals surface area (Å²) >= 11 is 6.11. The number of anilines is 4. The minimum absolute atomic E-state index is 0.651. The van der Waals surface area contributed by atoms with Crippen LogP contribution < -0.4 is 15.1 Å². The van der Waals surface area contributed by atoms with Gasteiger partial charge in [-0.3, -0.25) is 0 Å². The highest BCUT2D eigenvalue weighted by molar-refractivity contribution is 6.30. The zero-order valence-electron chi connectivity index (χ0n) is 15.1. The topological polar surface area (TPSA) is 57.2 Å². The molecule has 7 heteroatoms. The molecule has 1 saturated heterocycles. The van der Waals surface area contributed by atoms with Crippen molar-refractivity contribution in [1.29, 1.82) is 0 Å². The second-order valence-electron chi connectivity index (χ2n) is 6.59. The van der Waals surface area contributed by atoms with E-state index in [1.807, 2.05) is 30.3 Å². The van der Waals surface area contributed by atoms with Gasteiger partial charge in [0, 0.05) is 42.6 Å². The molecule has 6 nitrogen and oxygen atoms in total. The highest BCUT2D eigenvalue weighted by Gasteiger charge is 2.20. The van der Waals surface area contributed by atoms with E-state index < -0.39 is 0 Å². The van der Waals surface area contributed by atoms with Crippen LogP contribution in [0.3, 0.4) is 0 Å². The van der Waals surface area contributed by atoms with Crippen LogP contribution in [0.1, 0.15) is 5.56 Å². The molecule has 0 saturated carbocycles. The fourth-order valence-electron chi connectivity index (χ4n) is 3.20. The lowest BCUT2D eigenvalue weighted by Gasteiger charge is -2.36. The van der Waals surface area contributed by atoms with Crippen LogP contribution in [0.5, 0.6) is 0 Å². The van der Waals surface area contributed by atoms with Crippen molar-refractivity contribution in [3.05, 3.63) is 65.3 Å². The predicted molar refractivity (Wildman–Crippen MR) is 110 cm³/mol. The van der Waals surface area contributed by atoms with Crippen LogP contribution in [0.4, 0.5) is 23.1 Å². The number of aromatic nitrogens is 3. The fraction of sp³-hybridized carbons (Fsp3) is 0.250. The van der Waals surface area contributed by atoms with Gasteiger partial charge in [0.2, 0.25) is 5.95 Å². The molecule has 0 aliphatic carbocycles. The zero-order valence-corrected chi connectivity index (χ0v) is 15.9. The third-order valence-electron chi connectivity index (χ3n) is 4.57. The molecule has 1 N–H and O–H groups in total. The number of halogens is 1. The summed E-state index contributed by atoms with van der Waals surface area (Å²) in [6.07, 6.45) is 1.65. The largest absolute Gasteiger partial charge is 0.368 e. The first-order chi connectivity index (χ1) is 13.2. The summed E-state index contributed by atoms with van der Waals surface area (Å²) in [5.41, 5.74) is 3.34. The van der Waals surface area contributed by atoms with E-state index in [9.17, 15) is 0 Å². The highest BCUT2D eigenvalue weighted by Crippen LogP contribution is 2.22. The summed E-state index contributed by atoms with van der Waals surface area (Å²) in [7, 11) is 0. The Morgan fingerprint density at radius 2 is 1.74 bits per heavy atom. The van der Waals surface area contributed by atoms with Gasteiger partial charge in [-0.05, 0) is 42.8 Å². The van der Waals surface area contributed by atoms with Crippen LogP contribution in [0, 0.1) is 6.92 Å². The van der Waals surface area contributed by atoms with Crippen LogP contribution in [0.25, 0.3) is 0 Å². The van der Waals surface area contributed by atoms with Crippen molar-refractivity contribution in [2.45, 2.75) is 6.92 Å². The van der Waals surface area contributed by atoms with Gasteiger partial charge in [-0.2, -0.15) is 10.1 Å². The predicted octanol–water partition coefficient (Wildman–Crippen LogP) is 3.90. The third-order valence-corrected chi connectivity index (χ3v) is 4.81. The van der Waals surface area contributed by atoms with Crippen LogP contribution in [0.15, 0.2) is 54.7 Å². The van der Waals surface area contributed by atoms with Crippen molar-refractivity contribution in [3.63, 3.8) is 0 Å². The van der Waals surface area contributed by atoms with E-state index in [1.165, 1.54) is 5.56 Å². The Kier molecular flexibility index (Phi) is 5.07. The normalized spacial score (nSPS) is 14.3. The second-order valence-corrected chi connectivity index (χ2v) is 7.03. The standard InChI is InChI=1S/C20H21ClN6/c1-15-4-2-6-17(12-15)23-19-14-22-25-20(24-19)27-10-8-26(9-11-27)18-7-3-5-16(21)13-18/h2-7,12-14H,8-11H2,1H3,(H,23,24,25). The average Bonchev–Trinajstić information content (AvgIpc) is 2.68. The fourth-order valence-corrected chi connectivity index (χ4v) is 3.38. The van der Waals surface area contributed by atoms with Gasteiger partial charge in [0.1, 0.15) is 0 Å². The number of piperazine rings is 1. The molecule has 2 heterocycles. The SMILES string of the molecule is Cc1cccc(Nc2cnnc(N3CCN(c4cccc(Cl)c4)CC3)n2)c1. The van der Waals surface area contributed by atoms with E-state index in [0.717, 1.165) is 42.6 Å². The molecular weight excluding hydrogens is 360 g/mol. The van der Waals surface area contributed by atoms with Crippen molar-refractivity contribution in [1.82, 2.24) is 15.2 Å². The maximum atomic E-state index is 6.11. The van der Waals surface area contributed by atoms with Crippen molar-refractivity contribution >= 4 is 34.7 Å². The Hall–Kier alpha value is -2.86. The number of hydrogen-bond donors (Lipinski definition) is 1. The highest BCUT2D eigenvalue weighted by atomic mass is 35.5. The molecule has 27 heavy (non-hydrogen) atoms. The molecular formula is C20H21ClN6. The molecule has 0 unspecified atom stereocenters. The van der Waals surface area contributed by atoms with Crippen LogP contribution >= 0.6 is 11.6 Å². The monoisotopic (exact) mass is 380 g/mol. The Bertz CT molecular complexity index is 924. The Labute approximate surface area is 163 Å². The molecule has 0 amide bonds. The molecule has 1 aliphatic heterocycles. The molecule has 1 aromatic heterocycles. The summed E-state index contributed by atoms with van der Waals surface area (Å²) in [6.45, 7) is 5.51. The average molecular weight is 381 g/mol. The molecule has 0 bridgehead atoms. The Morgan fingerprint density at radius 3 is 2.52 bits per heavy atom. The van der Waals surface area contributed by atoms with Crippen molar-refractivity contribution in [3.8, 4) is 0 Å². The molecule has 3 aromatic rings. The van der Waals surface area contributed by atoms with E-state index in [4.69, 9.17) is 11.6 Å². The van der Waals surface area contributed by atoms with Gasteiger partial charge in [-0.15, -0.1) is 5.10 Å². The van der Waals surface area contributed by atoms with E-state index in [0.29, 0.717) is 11.8 Å². The van der Waals surface area contributed by atoms with Crippen LogP contribution in [-0.2, 0) is 0 Å². The van der Waals surface area contributed by atoms with Crippen molar-refractivity contribution < 1.29 is 0 Å². The van der Waals surface area contributed by atoms with E-state index >= 15 is 0 Å². The zero-order chi connectivity index (χ0) is 18.6. The van der Waals surface area contributed by atoms with Gasteiger partial charge in [-0.25, -0.2) is 0 Å². The molecule has 1 fully saturated rings. The van der Waals surface area contributed by atoms with Gasteiger partial charge in [0.15, 0.2) is 5.82 Å². The molecule has 1 aliphatic rings.